The van der Waals surface area contributed by atoms with Gasteiger partial charge >= 0.3 is 0 Å². The molecule has 0 spiro atoms. The fraction of sp³-hybridized carbons (Fsp3) is 0.143. The van der Waals surface area contributed by atoms with Crippen LogP contribution in [0.3, 0.4) is 0 Å². The van der Waals surface area contributed by atoms with Crippen molar-refractivity contribution in [3.8, 4) is 0 Å². The third-order valence-corrected chi connectivity index (χ3v) is 11.2. The van der Waals surface area contributed by atoms with Crippen molar-refractivity contribution in [3.63, 3.8) is 0 Å². The molecule has 0 N–H and O–H groups in total. The lowest BCUT2D eigenvalue weighted by molar-refractivity contribution is 1.43. The molecule has 0 amide bonds. The first kappa shape index (κ1) is 11.0. The molecule has 0 aromatic heterocycles. The van der Waals surface area contributed by atoms with Gasteiger partial charge in [0.25, 0.3) is 0 Å². The zero-order chi connectivity index (χ0) is 8.81. The van der Waals surface area contributed by atoms with E-state index in [9.17, 15) is 0 Å². The average molecular weight is 252 g/mol. The maximum absolute atomic E-state index is 5.19. The minimum absolute atomic E-state index is 0.746. The lowest BCUT2D eigenvalue weighted by Gasteiger charge is -2.00. The van der Waals surface area contributed by atoms with E-state index in [-0.39, 0.29) is 0 Å². The van der Waals surface area contributed by atoms with Gasteiger partial charge in [0.1, 0.15) is 0 Å². The van der Waals surface area contributed by atoms with Crippen LogP contribution in [0.5, 0.6) is 0 Å². The van der Waals surface area contributed by atoms with E-state index in [4.69, 9.17) is 11.8 Å². The Hall–Kier alpha value is 0.920. The van der Waals surface area contributed by atoms with E-state index in [0.717, 1.165) is 5.75 Å². The fourth-order valence-corrected chi connectivity index (χ4v) is 5.24. The standard InChI is InChI=1S/C7H9PS4/c9-8(12-10)11-6-7-4-2-1-3-5-7/h1-5,8,10H,6H2. The molecule has 0 aliphatic rings. The van der Waals surface area contributed by atoms with E-state index in [0.29, 0.717) is 0 Å². The minimum Gasteiger partial charge on any atom is -0.111 e. The van der Waals surface area contributed by atoms with E-state index >= 15 is 0 Å². The van der Waals surface area contributed by atoms with Gasteiger partial charge in [0.05, 0.1) is 5.10 Å². The molecule has 0 fully saturated rings. The highest BCUT2D eigenvalue weighted by atomic mass is 33.5. The molecule has 0 saturated carbocycles. The van der Waals surface area contributed by atoms with Gasteiger partial charge in [0.2, 0.25) is 0 Å². The quantitative estimate of drug-likeness (QED) is 0.489. The summed E-state index contributed by atoms with van der Waals surface area (Å²) in [5, 5.41) is -0.746. The largest absolute Gasteiger partial charge is 0.111 e. The topological polar surface area (TPSA) is 0 Å². The second-order valence-corrected chi connectivity index (χ2v) is 12.4. The van der Waals surface area contributed by atoms with Crippen molar-refractivity contribution in [3.05, 3.63) is 35.9 Å². The van der Waals surface area contributed by atoms with Gasteiger partial charge in [-0.1, -0.05) is 52.6 Å². The Labute approximate surface area is 91.6 Å². The third kappa shape index (κ3) is 4.24. The molecule has 1 rings (SSSR count). The SMILES string of the molecule is S=[PH](SS)SCc1ccccc1. The lowest BCUT2D eigenvalue weighted by atomic mass is 10.2. The monoisotopic (exact) mass is 252 g/mol. The maximum atomic E-state index is 5.19. The summed E-state index contributed by atoms with van der Waals surface area (Å²) in [6.07, 6.45) is 0. The Morgan fingerprint density at radius 3 is 2.58 bits per heavy atom. The Kier molecular flexibility index (Phi) is 5.85. The first-order valence-corrected chi connectivity index (χ1v) is 10.3. The summed E-state index contributed by atoms with van der Waals surface area (Å²) >= 11 is 11.1. The summed E-state index contributed by atoms with van der Waals surface area (Å²) in [7, 11) is 1.52. The summed E-state index contributed by atoms with van der Waals surface area (Å²) in [6.45, 7) is 0. The zero-order valence-electron chi connectivity index (χ0n) is 6.27. The second kappa shape index (κ2) is 6.39. The van der Waals surface area contributed by atoms with E-state index in [1.807, 2.05) is 17.4 Å². The molecule has 1 aromatic rings. The number of hydrogen-bond acceptors (Lipinski definition) is 4. The summed E-state index contributed by atoms with van der Waals surface area (Å²) in [4.78, 5) is 0. The number of thiol groups is 1. The summed E-state index contributed by atoms with van der Waals surface area (Å²) in [6, 6.07) is 10.4. The zero-order valence-corrected chi connectivity index (χ0v) is 10.6. The molecule has 12 heavy (non-hydrogen) atoms. The van der Waals surface area contributed by atoms with Crippen molar-refractivity contribution >= 4 is 50.4 Å². The Balaban J connectivity index is 2.38. The van der Waals surface area contributed by atoms with Crippen LogP contribution in [-0.2, 0) is 17.6 Å². The van der Waals surface area contributed by atoms with E-state index < -0.39 is 5.10 Å². The van der Waals surface area contributed by atoms with Crippen molar-refractivity contribution < 1.29 is 0 Å². The van der Waals surface area contributed by atoms with Gasteiger partial charge in [-0.25, -0.2) is 0 Å². The highest BCUT2D eigenvalue weighted by Gasteiger charge is 1.94. The first-order chi connectivity index (χ1) is 5.83. The first-order valence-electron chi connectivity index (χ1n) is 3.35. The molecule has 0 aliphatic heterocycles. The van der Waals surface area contributed by atoms with Gasteiger partial charge in [-0.2, -0.15) is 0 Å². The molecule has 1 unspecified atom stereocenters. The van der Waals surface area contributed by atoms with Crippen molar-refractivity contribution in [1.82, 2.24) is 0 Å². The molecule has 0 heterocycles. The molecule has 0 saturated heterocycles. The third-order valence-electron chi connectivity index (χ3n) is 1.27. The van der Waals surface area contributed by atoms with Crippen LogP contribution in [0.25, 0.3) is 0 Å². The van der Waals surface area contributed by atoms with E-state index in [2.05, 4.69) is 35.9 Å². The Bertz CT molecular complexity index is 249. The highest BCUT2D eigenvalue weighted by molar-refractivity contribution is 9.11. The van der Waals surface area contributed by atoms with Crippen LogP contribution in [0, 0.1) is 0 Å². The van der Waals surface area contributed by atoms with Crippen LogP contribution in [0.1, 0.15) is 5.56 Å². The molecular formula is C7H9PS4. The van der Waals surface area contributed by atoms with Crippen LogP contribution < -0.4 is 0 Å². The molecular weight excluding hydrogens is 243 g/mol. The van der Waals surface area contributed by atoms with Crippen LogP contribution in [0.2, 0.25) is 0 Å². The van der Waals surface area contributed by atoms with Crippen molar-refractivity contribution in [2.45, 2.75) is 5.75 Å². The van der Waals surface area contributed by atoms with Gasteiger partial charge < -0.3 is 0 Å². The summed E-state index contributed by atoms with van der Waals surface area (Å²) in [5.74, 6) is 1.02. The Morgan fingerprint density at radius 2 is 2.00 bits per heavy atom. The smallest absolute Gasteiger partial charge is 0.0561 e. The van der Waals surface area contributed by atoms with Gasteiger partial charge in [0.15, 0.2) is 0 Å². The molecule has 0 radical (unpaired) electrons. The molecule has 0 nitrogen and oxygen atoms in total. The van der Waals surface area contributed by atoms with Crippen molar-refractivity contribution in [2.24, 2.45) is 0 Å². The molecule has 1 aromatic carbocycles. The molecule has 1 atom stereocenters. The van der Waals surface area contributed by atoms with E-state index in [1.54, 1.807) is 0 Å². The second-order valence-electron chi connectivity index (χ2n) is 2.12. The van der Waals surface area contributed by atoms with Crippen LogP contribution in [-0.4, -0.2) is 0 Å². The number of benzene rings is 1. The maximum Gasteiger partial charge on any atom is 0.0561 e. The molecule has 66 valence electrons. The summed E-state index contributed by atoms with van der Waals surface area (Å²) < 4.78 is 0. The normalized spacial score (nSPS) is 12.8. The summed E-state index contributed by atoms with van der Waals surface area (Å²) in [5.41, 5.74) is 1.34. The molecule has 0 bridgehead atoms. The lowest BCUT2D eigenvalue weighted by Crippen LogP contribution is -1.74. The predicted molar refractivity (Wildman–Crippen MR) is 70.0 cm³/mol. The van der Waals surface area contributed by atoms with Crippen LogP contribution >= 0.6 is 38.6 Å². The average Bonchev–Trinajstić information content (AvgIpc) is 2.16. The van der Waals surface area contributed by atoms with Gasteiger partial charge in [-0.05, 0) is 5.56 Å². The predicted octanol–water partition coefficient (Wildman–Crippen LogP) is 4.00. The van der Waals surface area contributed by atoms with Crippen molar-refractivity contribution in [2.75, 3.05) is 0 Å². The number of rotatable bonds is 4. The van der Waals surface area contributed by atoms with Gasteiger partial charge in [0, 0.05) is 5.75 Å². The molecule has 0 aliphatic carbocycles. The van der Waals surface area contributed by atoms with Gasteiger partial charge in [-0.3, -0.25) is 0 Å². The highest BCUT2D eigenvalue weighted by Crippen LogP contribution is 2.53. The minimum atomic E-state index is -0.746. The van der Waals surface area contributed by atoms with Crippen molar-refractivity contribution in [1.29, 1.82) is 0 Å². The number of hydrogen-bond donors (Lipinski definition) is 1. The van der Waals surface area contributed by atoms with E-state index in [1.165, 1.54) is 16.0 Å². The van der Waals surface area contributed by atoms with Crippen LogP contribution in [0.4, 0.5) is 0 Å². The van der Waals surface area contributed by atoms with Crippen LogP contribution in [0.15, 0.2) is 30.3 Å². The molecule has 5 heteroatoms. The van der Waals surface area contributed by atoms with Gasteiger partial charge in [-0.15, -0.1) is 23.0 Å². The Morgan fingerprint density at radius 1 is 1.33 bits per heavy atom. The fourth-order valence-electron chi connectivity index (χ4n) is 0.743.